The van der Waals surface area contributed by atoms with Gasteiger partial charge in [0.1, 0.15) is 5.60 Å². The molecule has 1 fully saturated rings. The molecule has 0 unspecified atom stereocenters. The van der Waals surface area contributed by atoms with Gasteiger partial charge in [-0.25, -0.2) is 0 Å². The van der Waals surface area contributed by atoms with Crippen molar-refractivity contribution in [2.45, 2.75) is 38.1 Å². The summed E-state index contributed by atoms with van der Waals surface area (Å²) in [6.07, 6.45) is 0.0162. The van der Waals surface area contributed by atoms with E-state index in [0.717, 1.165) is 0 Å². The van der Waals surface area contributed by atoms with Crippen LogP contribution in [-0.2, 0) is 4.74 Å². The SMILES string of the molecule is C[C@@H]1O[C@]1(C)[C@@H](O)CCO. The number of hydrogen-bond donors (Lipinski definition) is 2. The van der Waals surface area contributed by atoms with E-state index in [1.165, 1.54) is 0 Å². The lowest BCUT2D eigenvalue weighted by Crippen LogP contribution is -2.29. The largest absolute Gasteiger partial charge is 0.396 e. The van der Waals surface area contributed by atoms with E-state index in [-0.39, 0.29) is 18.3 Å². The van der Waals surface area contributed by atoms with Crippen LogP contribution in [0.2, 0.25) is 0 Å². The molecule has 10 heavy (non-hydrogen) atoms. The average molecular weight is 146 g/mol. The summed E-state index contributed by atoms with van der Waals surface area (Å²) < 4.78 is 5.16. The molecule has 0 radical (unpaired) electrons. The van der Waals surface area contributed by atoms with Crippen LogP contribution in [0.15, 0.2) is 0 Å². The van der Waals surface area contributed by atoms with Crippen molar-refractivity contribution >= 4 is 0 Å². The Morgan fingerprint density at radius 3 is 2.50 bits per heavy atom. The van der Waals surface area contributed by atoms with E-state index in [9.17, 15) is 5.11 Å². The topological polar surface area (TPSA) is 53.0 Å². The van der Waals surface area contributed by atoms with Gasteiger partial charge in [0.15, 0.2) is 0 Å². The Kier molecular flexibility index (Phi) is 1.99. The van der Waals surface area contributed by atoms with Crippen LogP contribution in [0, 0.1) is 0 Å². The first-order chi connectivity index (χ1) is 4.61. The van der Waals surface area contributed by atoms with Crippen molar-refractivity contribution in [3.8, 4) is 0 Å². The zero-order valence-corrected chi connectivity index (χ0v) is 6.37. The molecule has 1 rings (SSSR count). The molecule has 3 atom stereocenters. The highest BCUT2D eigenvalue weighted by Gasteiger charge is 2.53. The first-order valence-electron chi connectivity index (χ1n) is 3.58. The highest BCUT2D eigenvalue weighted by molar-refractivity contribution is 5.01. The summed E-state index contributed by atoms with van der Waals surface area (Å²) in [5.41, 5.74) is -0.386. The Hall–Kier alpha value is -0.120. The quantitative estimate of drug-likeness (QED) is 0.547. The predicted molar refractivity (Wildman–Crippen MR) is 36.7 cm³/mol. The second-order valence-corrected chi connectivity index (χ2v) is 2.97. The summed E-state index contributed by atoms with van der Waals surface area (Å²) in [5.74, 6) is 0. The van der Waals surface area contributed by atoms with Crippen LogP contribution < -0.4 is 0 Å². The van der Waals surface area contributed by atoms with Crippen molar-refractivity contribution in [1.82, 2.24) is 0 Å². The van der Waals surface area contributed by atoms with Gasteiger partial charge in [0, 0.05) is 6.61 Å². The van der Waals surface area contributed by atoms with Crippen molar-refractivity contribution in [1.29, 1.82) is 0 Å². The molecule has 0 bridgehead atoms. The van der Waals surface area contributed by atoms with Gasteiger partial charge in [-0.05, 0) is 20.3 Å². The predicted octanol–water partition coefficient (Wildman–Crippen LogP) is -0.0929. The van der Waals surface area contributed by atoms with E-state index in [1.54, 1.807) is 0 Å². The Morgan fingerprint density at radius 1 is 1.70 bits per heavy atom. The minimum atomic E-state index is -0.521. The van der Waals surface area contributed by atoms with Gasteiger partial charge < -0.3 is 14.9 Å². The molecule has 1 aliphatic heterocycles. The molecule has 0 aromatic heterocycles. The summed E-state index contributed by atoms with van der Waals surface area (Å²) in [6.45, 7) is 3.80. The lowest BCUT2D eigenvalue weighted by Gasteiger charge is -2.12. The van der Waals surface area contributed by atoms with Gasteiger partial charge in [-0.2, -0.15) is 0 Å². The van der Waals surface area contributed by atoms with Gasteiger partial charge in [-0.1, -0.05) is 0 Å². The molecule has 1 saturated heterocycles. The van der Waals surface area contributed by atoms with Crippen LogP contribution in [0.3, 0.4) is 0 Å². The third-order valence-electron chi connectivity index (χ3n) is 2.24. The molecule has 0 aliphatic carbocycles. The standard InChI is InChI=1S/C7H14O3/c1-5-7(2,10-5)6(9)3-4-8/h5-6,8-9H,3-4H2,1-2H3/t5-,6-,7-/m0/s1. The zero-order valence-electron chi connectivity index (χ0n) is 6.37. The summed E-state index contributed by atoms with van der Waals surface area (Å²) in [4.78, 5) is 0. The number of aliphatic hydroxyl groups is 2. The average Bonchev–Trinajstić information content (AvgIpc) is 2.43. The first-order valence-corrected chi connectivity index (χ1v) is 3.58. The first kappa shape index (κ1) is 7.98. The maximum absolute atomic E-state index is 9.33. The van der Waals surface area contributed by atoms with Gasteiger partial charge in [0.05, 0.1) is 12.2 Å². The number of epoxide rings is 1. The van der Waals surface area contributed by atoms with Crippen LogP contribution in [-0.4, -0.2) is 34.6 Å². The lowest BCUT2D eigenvalue weighted by molar-refractivity contribution is 0.0613. The van der Waals surface area contributed by atoms with E-state index in [0.29, 0.717) is 6.42 Å². The van der Waals surface area contributed by atoms with Crippen molar-refractivity contribution in [2.24, 2.45) is 0 Å². The smallest absolute Gasteiger partial charge is 0.117 e. The molecule has 3 heteroatoms. The second-order valence-electron chi connectivity index (χ2n) is 2.97. The molecule has 0 aromatic rings. The minimum Gasteiger partial charge on any atom is -0.396 e. The monoisotopic (exact) mass is 146 g/mol. The number of rotatable bonds is 3. The lowest BCUT2D eigenvalue weighted by atomic mass is 9.99. The van der Waals surface area contributed by atoms with Gasteiger partial charge in [0.25, 0.3) is 0 Å². The Balaban J connectivity index is 2.34. The van der Waals surface area contributed by atoms with E-state index in [2.05, 4.69) is 0 Å². The Bertz CT molecular complexity index is 126. The van der Waals surface area contributed by atoms with Gasteiger partial charge in [-0.15, -0.1) is 0 Å². The van der Waals surface area contributed by atoms with Crippen LogP contribution in [0.4, 0.5) is 0 Å². The molecule has 1 aliphatic rings. The molecule has 0 amide bonds. The second kappa shape index (κ2) is 2.49. The molecular formula is C7H14O3. The van der Waals surface area contributed by atoms with Crippen molar-refractivity contribution in [3.63, 3.8) is 0 Å². The highest BCUT2D eigenvalue weighted by Crippen LogP contribution is 2.39. The maximum Gasteiger partial charge on any atom is 0.117 e. The zero-order chi connectivity index (χ0) is 7.78. The van der Waals surface area contributed by atoms with Crippen LogP contribution in [0.25, 0.3) is 0 Å². The maximum atomic E-state index is 9.33. The molecule has 0 spiro atoms. The summed E-state index contributed by atoms with van der Waals surface area (Å²) in [7, 11) is 0. The number of aliphatic hydroxyl groups excluding tert-OH is 2. The fourth-order valence-electron chi connectivity index (χ4n) is 1.11. The summed E-state index contributed by atoms with van der Waals surface area (Å²) >= 11 is 0. The van der Waals surface area contributed by atoms with Crippen LogP contribution >= 0.6 is 0 Å². The fraction of sp³-hybridized carbons (Fsp3) is 1.00. The molecule has 0 aromatic carbocycles. The van der Waals surface area contributed by atoms with Crippen molar-refractivity contribution in [2.75, 3.05) is 6.61 Å². The van der Waals surface area contributed by atoms with Crippen LogP contribution in [0.5, 0.6) is 0 Å². The Labute approximate surface area is 60.6 Å². The molecule has 3 nitrogen and oxygen atoms in total. The van der Waals surface area contributed by atoms with Gasteiger partial charge in [-0.3, -0.25) is 0 Å². The van der Waals surface area contributed by atoms with Crippen molar-refractivity contribution < 1.29 is 14.9 Å². The molecule has 1 heterocycles. The number of hydrogen-bond acceptors (Lipinski definition) is 3. The van der Waals surface area contributed by atoms with E-state index in [4.69, 9.17) is 9.84 Å². The molecule has 0 saturated carbocycles. The van der Waals surface area contributed by atoms with Crippen LogP contribution in [0.1, 0.15) is 20.3 Å². The van der Waals surface area contributed by atoms with Crippen molar-refractivity contribution in [3.05, 3.63) is 0 Å². The molecule has 2 N–H and O–H groups in total. The fourth-order valence-corrected chi connectivity index (χ4v) is 1.11. The molecule has 60 valence electrons. The van der Waals surface area contributed by atoms with Gasteiger partial charge >= 0.3 is 0 Å². The van der Waals surface area contributed by atoms with E-state index < -0.39 is 6.10 Å². The Morgan fingerprint density at radius 2 is 2.20 bits per heavy atom. The number of ether oxygens (including phenoxy) is 1. The molecular weight excluding hydrogens is 132 g/mol. The van der Waals surface area contributed by atoms with E-state index >= 15 is 0 Å². The minimum absolute atomic E-state index is 0.0207. The highest BCUT2D eigenvalue weighted by atomic mass is 16.6. The van der Waals surface area contributed by atoms with Gasteiger partial charge in [0.2, 0.25) is 0 Å². The third-order valence-corrected chi connectivity index (χ3v) is 2.24. The van der Waals surface area contributed by atoms with E-state index in [1.807, 2.05) is 13.8 Å². The summed E-state index contributed by atoms with van der Waals surface area (Å²) in [6, 6.07) is 0. The summed E-state index contributed by atoms with van der Waals surface area (Å²) in [5, 5.41) is 17.8. The normalized spacial score (nSPS) is 41.4. The third kappa shape index (κ3) is 1.17.